The number of para-hydroxylation sites is 1. The van der Waals surface area contributed by atoms with E-state index in [4.69, 9.17) is 15.3 Å². The molecule has 2 aromatic carbocycles. The molecule has 0 aliphatic rings. The number of carbonyl (C=O) groups is 1. The van der Waals surface area contributed by atoms with Gasteiger partial charge in [0.1, 0.15) is 11.5 Å². The molecule has 0 aliphatic carbocycles. The van der Waals surface area contributed by atoms with Gasteiger partial charge >= 0.3 is 29.0 Å². The molecule has 0 saturated heterocycles. The monoisotopic (exact) mass is 272 g/mol. The minimum absolute atomic E-state index is 0. The van der Waals surface area contributed by atoms with Crippen molar-refractivity contribution in [2.24, 2.45) is 0 Å². The van der Waals surface area contributed by atoms with Crippen molar-refractivity contribution in [1.29, 1.82) is 0 Å². The first-order valence-corrected chi connectivity index (χ1v) is 5.31. The van der Waals surface area contributed by atoms with Crippen molar-refractivity contribution < 1.29 is 20.1 Å². The summed E-state index contributed by atoms with van der Waals surface area (Å²) in [5.74, 6) is -0.391. The third-order valence-corrected chi connectivity index (χ3v) is 2.05. The van der Waals surface area contributed by atoms with Gasteiger partial charge < -0.3 is 15.3 Å². The molecular formula is C14H16MgO4. The van der Waals surface area contributed by atoms with Gasteiger partial charge in [0.2, 0.25) is 0 Å². The molecule has 98 valence electrons. The summed E-state index contributed by atoms with van der Waals surface area (Å²) in [5, 5.41) is 25.8. The zero-order chi connectivity index (χ0) is 13.4. The molecular weight excluding hydrogens is 256 g/mol. The fourth-order valence-corrected chi connectivity index (χ4v) is 1.22. The van der Waals surface area contributed by atoms with E-state index in [0.29, 0.717) is 11.3 Å². The molecule has 0 heterocycles. The van der Waals surface area contributed by atoms with Crippen LogP contribution in [0.3, 0.4) is 0 Å². The second-order valence-corrected chi connectivity index (χ2v) is 3.57. The lowest BCUT2D eigenvalue weighted by atomic mass is 10.1. The highest BCUT2D eigenvalue weighted by Crippen LogP contribution is 2.09. The van der Waals surface area contributed by atoms with Crippen LogP contribution in [0.2, 0.25) is 0 Å². The van der Waals surface area contributed by atoms with Crippen LogP contribution in [0.25, 0.3) is 0 Å². The minimum Gasteiger partial charge on any atom is -0.508 e. The van der Waals surface area contributed by atoms with Crippen molar-refractivity contribution in [2.45, 2.75) is 6.42 Å². The van der Waals surface area contributed by atoms with E-state index >= 15 is 0 Å². The number of carboxylic acids is 1. The summed E-state index contributed by atoms with van der Waals surface area (Å²) in [4.78, 5) is 10.2. The third kappa shape index (κ3) is 8.07. The molecule has 0 fully saturated rings. The lowest BCUT2D eigenvalue weighted by Crippen LogP contribution is -1.98. The largest absolute Gasteiger partial charge is 0.508 e. The summed E-state index contributed by atoms with van der Waals surface area (Å²) in [6, 6.07) is 14.8. The number of aliphatic carboxylic acids is 1. The Morgan fingerprint density at radius 1 is 0.842 bits per heavy atom. The fourth-order valence-electron chi connectivity index (χ4n) is 1.22. The van der Waals surface area contributed by atoms with Gasteiger partial charge in [-0.25, -0.2) is 0 Å². The van der Waals surface area contributed by atoms with Gasteiger partial charge in [-0.2, -0.15) is 0 Å². The van der Waals surface area contributed by atoms with Gasteiger partial charge in [0.05, 0.1) is 6.42 Å². The Hall–Kier alpha value is -1.72. The van der Waals surface area contributed by atoms with Gasteiger partial charge in [-0.1, -0.05) is 30.3 Å². The van der Waals surface area contributed by atoms with E-state index in [9.17, 15) is 4.79 Å². The van der Waals surface area contributed by atoms with Crippen molar-refractivity contribution in [2.75, 3.05) is 0 Å². The molecule has 2 rings (SSSR count). The SMILES string of the molecule is O=C(O)Cc1ccc(O)cc1.Oc1ccccc1.[MgH2]. The van der Waals surface area contributed by atoms with E-state index in [1.807, 2.05) is 6.07 Å². The summed E-state index contributed by atoms with van der Waals surface area (Å²) in [7, 11) is 0. The van der Waals surface area contributed by atoms with E-state index in [-0.39, 0.29) is 35.2 Å². The molecule has 0 spiro atoms. The van der Waals surface area contributed by atoms with Crippen LogP contribution in [0.5, 0.6) is 11.5 Å². The highest BCUT2D eigenvalue weighted by molar-refractivity contribution is 5.75. The maximum atomic E-state index is 10.2. The zero-order valence-electron chi connectivity index (χ0n) is 9.65. The van der Waals surface area contributed by atoms with Crippen molar-refractivity contribution in [1.82, 2.24) is 0 Å². The number of benzene rings is 2. The summed E-state index contributed by atoms with van der Waals surface area (Å²) in [5.41, 5.74) is 0.690. The quantitative estimate of drug-likeness (QED) is 0.724. The van der Waals surface area contributed by atoms with Gasteiger partial charge in [0.15, 0.2) is 0 Å². The first-order valence-electron chi connectivity index (χ1n) is 5.31. The Labute approximate surface area is 127 Å². The molecule has 0 saturated carbocycles. The number of phenols is 2. The average molecular weight is 273 g/mol. The molecule has 0 aliphatic heterocycles. The van der Waals surface area contributed by atoms with Crippen molar-refractivity contribution in [3.05, 3.63) is 60.2 Å². The standard InChI is InChI=1S/C8H8O3.C6H6O.Mg.2H/c9-7-3-1-6(2-4-7)5-8(10)11;7-6-4-2-1-3-5-6;;;/h1-4,9H,5H2,(H,10,11);1-5,7H;;;. The lowest BCUT2D eigenvalue weighted by Gasteiger charge is -1.95. The molecule has 5 heteroatoms. The molecule has 0 bridgehead atoms. The van der Waals surface area contributed by atoms with Crippen molar-refractivity contribution in [3.8, 4) is 11.5 Å². The topological polar surface area (TPSA) is 77.8 Å². The van der Waals surface area contributed by atoms with Crippen LogP contribution in [-0.4, -0.2) is 44.3 Å². The van der Waals surface area contributed by atoms with Crippen LogP contribution in [0, 0.1) is 0 Å². The van der Waals surface area contributed by atoms with Crippen LogP contribution in [-0.2, 0) is 11.2 Å². The molecule has 0 atom stereocenters. The average Bonchev–Trinajstić information content (AvgIpc) is 2.33. The molecule has 0 aromatic heterocycles. The molecule has 0 unspecified atom stereocenters. The Kier molecular flexibility index (Phi) is 8.40. The first-order chi connectivity index (χ1) is 8.58. The first kappa shape index (κ1) is 17.3. The number of hydrogen-bond acceptors (Lipinski definition) is 3. The normalized spacial score (nSPS) is 8.63. The third-order valence-electron chi connectivity index (χ3n) is 2.05. The van der Waals surface area contributed by atoms with E-state index < -0.39 is 5.97 Å². The van der Waals surface area contributed by atoms with Crippen LogP contribution in [0.4, 0.5) is 0 Å². The Morgan fingerprint density at radius 2 is 1.32 bits per heavy atom. The summed E-state index contributed by atoms with van der Waals surface area (Å²) < 4.78 is 0. The molecule has 4 nitrogen and oxygen atoms in total. The number of rotatable bonds is 2. The molecule has 0 amide bonds. The summed E-state index contributed by atoms with van der Waals surface area (Å²) in [6.45, 7) is 0. The van der Waals surface area contributed by atoms with E-state index in [1.54, 1.807) is 36.4 Å². The zero-order valence-corrected chi connectivity index (χ0v) is 9.65. The predicted octanol–water partition coefficient (Wildman–Crippen LogP) is 1.50. The lowest BCUT2D eigenvalue weighted by molar-refractivity contribution is -0.136. The van der Waals surface area contributed by atoms with Gasteiger partial charge in [0, 0.05) is 0 Å². The number of aromatic hydroxyl groups is 2. The second-order valence-electron chi connectivity index (χ2n) is 3.57. The van der Waals surface area contributed by atoms with E-state index in [1.165, 1.54) is 12.1 Å². The predicted molar refractivity (Wildman–Crippen MR) is 76.1 cm³/mol. The Bertz CT molecular complexity index is 483. The maximum absolute atomic E-state index is 10.2. The summed E-state index contributed by atoms with van der Waals surface area (Å²) in [6.07, 6.45) is 0.000278. The van der Waals surface area contributed by atoms with Crippen molar-refractivity contribution in [3.63, 3.8) is 0 Å². The summed E-state index contributed by atoms with van der Waals surface area (Å²) >= 11 is 0. The molecule has 2 aromatic rings. The maximum Gasteiger partial charge on any atom is 0.316 e. The van der Waals surface area contributed by atoms with E-state index in [0.717, 1.165) is 0 Å². The highest BCUT2D eigenvalue weighted by Gasteiger charge is 1.98. The molecule has 0 radical (unpaired) electrons. The van der Waals surface area contributed by atoms with Crippen LogP contribution >= 0.6 is 0 Å². The van der Waals surface area contributed by atoms with Crippen LogP contribution in [0.15, 0.2) is 54.6 Å². The van der Waals surface area contributed by atoms with Crippen LogP contribution < -0.4 is 0 Å². The van der Waals surface area contributed by atoms with Gasteiger partial charge in [-0.15, -0.1) is 0 Å². The number of hydrogen-bond donors (Lipinski definition) is 3. The molecule has 3 N–H and O–H groups in total. The fraction of sp³-hybridized carbons (Fsp3) is 0.0714. The second kappa shape index (κ2) is 9.24. The molecule has 19 heavy (non-hydrogen) atoms. The number of phenolic OH excluding ortho intramolecular Hbond substituents is 2. The van der Waals surface area contributed by atoms with Crippen LogP contribution in [0.1, 0.15) is 5.56 Å². The highest BCUT2D eigenvalue weighted by atomic mass is 24.3. The van der Waals surface area contributed by atoms with Crippen molar-refractivity contribution >= 4 is 29.0 Å². The van der Waals surface area contributed by atoms with E-state index in [2.05, 4.69) is 0 Å². The Morgan fingerprint density at radius 3 is 1.68 bits per heavy atom. The minimum atomic E-state index is -0.865. The van der Waals surface area contributed by atoms with Gasteiger partial charge in [0.25, 0.3) is 0 Å². The number of carboxylic acid groups (broad SMARTS) is 1. The Balaban J connectivity index is 0.000000352. The van der Waals surface area contributed by atoms with Gasteiger partial charge in [-0.3, -0.25) is 4.79 Å². The smallest absolute Gasteiger partial charge is 0.316 e. The van der Waals surface area contributed by atoms with Gasteiger partial charge in [-0.05, 0) is 29.8 Å².